The summed E-state index contributed by atoms with van der Waals surface area (Å²) in [5, 5.41) is 18.0. The van der Waals surface area contributed by atoms with E-state index in [0.717, 1.165) is 11.1 Å². The highest BCUT2D eigenvalue weighted by Gasteiger charge is 2.16. The molecule has 0 bridgehead atoms. The second-order valence-corrected chi connectivity index (χ2v) is 4.78. The molecule has 0 fully saturated rings. The lowest BCUT2D eigenvalue weighted by Crippen LogP contribution is -2.09. The van der Waals surface area contributed by atoms with Crippen molar-refractivity contribution in [1.82, 2.24) is 0 Å². The monoisotopic (exact) mass is 300 g/mol. The van der Waals surface area contributed by atoms with Crippen LogP contribution >= 0.6 is 0 Å². The zero-order valence-corrected chi connectivity index (χ0v) is 11.9. The Kier molecular flexibility index (Phi) is 5.27. The third-order valence-corrected chi connectivity index (χ3v) is 3.19. The van der Waals surface area contributed by atoms with Crippen molar-refractivity contribution in [2.24, 2.45) is 0 Å². The van der Waals surface area contributed by atoms with E-state index in [4.69, 9.17) is 14.9 Å². The van der Waals surface area contributed by atoms with Gasteiger partial charge in [-0.3, -0.25) is 0 Å². The van der Waals surface area contributed by atoms with Crippen LogP contribution in [0.15, 0.2) is 48.5 Å². The predicted molar refractivity (Wildman–Crippen MR) is 80.2 cm³/mol. The SMILES string of the molecule is O=C(O)c1ccc(CCOCc2ccccc2)cc1C(=O)O. The third kappa shape index (κ3) is 4.17. The van der Waals surface area contributed by atoms with Crippen LogP contribution in [0.5, 0.6) is 0 Å². The van der Waals surface area contributed by atoms with Crippen LogP contribution in [-0.4, -0.2) is 28.8 Å². The van der Waals surface area contributed by atoms with Gasteiger partial charge in [0.15, 0.2) is 0 Å². The van der Waals surface area contributed by atoms with Crippen molar-refractivity contribution in [3.8, 4) is 0 Å². The summed E-state index contributed by atoms with van der Waals surface area (Å²) in [5.74, 6) is -2.49. The molecule has 114 valence electrons. The summed E-state index contributed by atoms with van der Waals surface area (Å²) in [6, 6.07) is 14.0. The van der Waals surface area contributed by atoms with Gasteiger partial charge in [-0.05, 0) is 29.7 Å². The Hall–Kier alpha value is -2.66. The number of rotatable bonds is 7. The molecule has 22 heavy (non-hydrogen) atoms. The number of hydrogen-bond donors (Lipinski definition) is 2. The molecule has 0 aliphatic carbocycles. The van der Waals surface area contributed by atoms with Crippen molar-refractivity contribution in [3.63, 3.8) is 0 Å². The predicted octanol–water partition coefficient (Wildman–Crippen LogP) is 2.84. The topological polar surface area (TPSA) is 83.8 Å². The van der Waals surface area contributed by atoms with Gasteiger partial charge >= 0.3 is 11.9 Å². The molecule has 0 saturated carbocycles. The van der Waals surface area contributed by atoms with Crippen molar-refractivity contribution < 1.29 is 24.5 Å². The molecule has 2 N–H and O–H groups in total. The maximum Gasteiger partial charge on any atom is 0.336 e. The average Bonchev–Trinajstić information content (AvgIpc) is 2.52. The maximum atomic E-state index is 11.1. The standard InChI is InChI=1S/C17H16O5/c18-16(19)14-7-6-12(10-15(14)17(20)21)8-9-22-11-13-4-2-1-3-5-13/h1-7,10H,8-9,11H2,(H,18,19)(H,20,21). The minimum absolute atomic E-state index is 0.201. The van der Waals surface area contributed by atoms with Crippen LogP contribution in [0.4, 0.5) is 0 Å². The van der Waals surface area contributed by atoms with Gasteiger partial charge in [-0.15, -0.1) is 0 Å². The quantitative estimate of drug-likeness (QED) is 0.768. The van der Waals surface area contributed by atoms with E-state index in [0.29, 0.717) is 19.6 Å². The number of carboxylic acid groups (broad SMARTS) is 2. The minimum Gasteiger partial charge on any atom is -0.478 e. The van der Waals surface area contributed by atoms with Crippen molar-refractivity contribution in [3.05, 3.63) is 70.8 Å². The number of benzene rings is 2. The van der Waals surface area contributed by atoms with E-state index in [1.54, 1.807) is 6.07 Å². The highest BCUT2D eigenvalue weighted by Crippen LogP contribution is 2.13. The van der Waals surface area contributed by atoms with E-state index < -0.39 is 11.9 Å². The van der Waals surface area contributed by atoms with Gasteiger partial charge in [0.05, 0.1) is 24.3 Å². The second kappa shape index (κ2) is 7.38. The van der Waals surface area contributed by atoms with Crippen LogP contribution in [-0.2, 0) is 17.8 Å². The molecule has 0 heterocycles. The highest BCUT2D eigenvalue weighted by atomic mass is 16.5. The number of ether oxygens (including phenoxy) is 1. The molecular weight excluding hydrogens is 284 g/mol. The Morgan fingerprint density at radius 3 is 2.18 bits per heavy atom. The fourth-order valence-electron chi connectivity index (χ4n) is 2.06. The minimum atomic E-state index is -1.25. The van der Waals surface area contributed by atoms with Crippen molar-refractivity contribution in [1.29, 1.82) is 0 Å². The number of hydrogen-bond acceptors (Lipinski definition) is 3. The van der Waals surface area contributed by atoms with Crippen molar-refractivity contribution in [2.75, 3.05) is 6.61 Å². The Balaban J connectivity index is 1.94. The van der Waals surface area contributed by atoms with Gasteiger partial charge in [-0.25, -0.2) is 9.59 Å². The molecule has 0 atom stereocenters. The molecule has 5 nitrogen and oxygen atoms in total. The van der Waals surface area contributed by atoms with E-state index in [1.165, 1.54) is 12.1 Å². The van der Waals surface area contributed by atoms with Crippen molar-refractivity contribution >= 4 is 11.9 Å². The summed E-state index contributed by atoms with van der Waals surface area (Å²) in [6.45, 7) is 0.917. The molecule has 0 spiro atoms. The van der Waals surface area contributed by atoms with E-state index in [9.17, 15) is 9.59 Å². The summed E-state index contributed by atoms with van der Waals surface area (Å²) in [4.78, 5) is 22.1. The lowest BCUT2D eigenvalue weighted by molar-refractivity contribution is 0.0651. The molecule has 0 aliphatic heterocycles. The normalized spacial score (nSPS) is 10.4. The molecule has 0 saturated heterocycles. The Morgan fingerprint density at radius 2 is 1.55 bits per heavy atom. The summed E-state index contributed by atoms with van der Waals surface area (Å²) in [5.41, 5.74) is 1.39. The molecule has 2 rings (SSSR count). The molecule has 2 aromatic carbocycles. The summed E-state index contributed by atoms with van der Waals surface area (Å²) < 4.78 is 5.54. The second-order valence-electron chi connectivity index (χ2n) is 4.78. The Bertz CT molecular complexity index is 664. The Morgan fingerprint density at radius 1 is 0.864 bits per heavy atom. The van der Waals surface area contributed by atoms with Crippen LogP contribution in [0.3, 0.4) is 0 Å². The molecule has 0 radical (unpaired) electrons. The third-order valence-electron chi connectivity index (χ3n) is 3.19. The van der Waals surface area contributed by atoms with Gasteiger partial charge in [-0.1, -0.05) is 36.4 Å². The molecule has 0 amide bonds. The summed E-state index contributed by atoms with van der Waals surface area (Å²) in [7, 11) is 0. The zero-order chi connectivity index (χ0) is 15.9. The summed E-state index contributed by atoms with van der Waals surface area (Å²) in [6.07, 6.45) is 0.521. The van der Waals surface area contributed by atoms with E-state index in [-0.39, 0.29) is 11.1 Å². The smallest absolute Gasteiger partial charge is 0.336 e. The van der Waals surface area contributed by atoms with Crippen molar-refractivity contribution in [2.45, 2.75) is 13.0 Å². The van der Waals surface area contributed by atoms with Crippen LogP contribution in [0.1, 0.15) is 31.8 Å². The lowest BCUT2D eigenvalue weighted by Gasteiger charge is -2.07. The summed E-state index contributed by atoms with van der Waals surface area (Å²) >= 11 is 0. The fraction of sp³-hybridized carbons (Fsp3) is 0.176. The maximum absolute atomic E-state index is 11.1. The first-order valence-corrected chi connectivity index (χ1v) is 6.79. The van der Waals surface area contributed by atoms with Crippen LogP contribution < -0.4 is 0 Å². The lowest BCUT2D eigenvalue weighted by atomic mass is 10.0. The van der Waals surface area contributed by atoms with E-state index in [2.05, 4.69) is 0 Å². The van der Waals surface area contributed by atoms with Crippen LogP contribution in [0.2, 0.25) is 0 Å². The van der Waals surface area contributed by atoms with E-state index in [1.807, 2.05) is 30.3 Å². The van der Waals surface area contributed by atoms with E-state index >= 15 is 0 Å². The highest BCUT2D eigenvalue weighted by molar-refractivity contribution is 6.01. The molecule has 2 aromatic rings. The Labute approximate surface area is 127 Å². The first-order valence-electron chi connectivity index (χ1n) is 6.79. The average molecular weight is 300 g/mol. The van der Waals surface area contributed by atoms with Gasteiger partial charge in [0.1, 0.15) is 0 Å². The van der Waals surface area contributed by atoms with Gasteiger partial charge < -0.3 is 14.9 Å². The molecular formula is C17H16O5. The van der Waals surface area contributed by atoms with Gasteiger partial charge in [0, 0.05) is 0 Å². The molecule has 0 unspecified atom stereocenters. The fourth-order valence-corrected chi connectivity index (χ4v) is 2.06. The van der Waals surface area contributed by atoms with Crippen LogP contribution in [0.25, 0.3) is 0 Å². The zero-order valence-electron chi connectivity index (χ0n) is 11.9. The number of aromatic carboxylic acids is 2. The first kappa shape index (κ1) is 15.7. The molecule has 5 heteroatoms. The first-order chi connectivity index (χ1) is 10.6. The number of carbonyl (C=O) groups is 2. The van der Waals surface area contributed by atoms with Crippen LogP contribution in [0, 0.1) is 0 Å². The molecule has 0 aromatic heterocycles. The number of carboxylic acids is 2. The van der Waals surface area contributed by atoms with Gasteiger partial charge in [-0.2, -0.15) is 0 Å². The largest absolute Gasteiger partial charge is 0.478 e. The molecule has 0 aliphatic rings. The van der Waals surface area contributed by atoms with Gasteiger partial charge in [0.2, 0.25) is 0 Å². The van der Waals surface area contributed by atoms with Gasteiger partial charge in [0.25, 0.3) is 0 Å².